The molecule has 0 unspecified atom stereocenters. The van der Waals surface area contributed by atoms with Crippen molar-refractivity contribution in [3.05, 3.63) is 65.2 Å². The largest absolute Gasteiger partial charge is 0.507 e. The van der Waals surface area contributed by atoms with Gasteiger partial charge in [-0.3, -0.25) is 4.99 Å². The Labute approximate surface area is 132 Å². The maximum Gasteiger partial charge on any atom is 0.124 e. The van der Waals surface area contributed by atoms with Crippen LogP contribution in [0, 0.1) is 0 Å². The van der Waals surface area contributed by atoms with Crippen LogP contribution in [0.5, 0.6) is 5.75 Å². The minimum Gasteiger partial charge on any atom is -0.507 e. The molecule has 0 aromatic heterocycles. The molecule has 0 aliphatic rings. The van der Waals surface area contributed by atoms with Crippen LogP contribution in [0.15, 0.2) is 53.5 Å². The molecule has 22 heavy (non-hydrogen) atoms. The molecule has 0 saturated carbocycles. The smallest absolute Gasteiger partial charge is 0.124 e. The highest BCUT2D eigenvalue weighted by Crippen LogP contribution is 2.27. The second-order valence-electron chi connectivity index (χ2n) is 6.41. The summed E-state index contributed by atoms with van der Waals surface area (Å²) in [5.74, 6) is 0.196. The molecule has 0 aliphatic carbocycles. The summed E-state index contributed by atoms with van der Waals surface area (Å²) in [4.78, 5) is 4.43. The lowest BCUT2D eigenvalue weighted by atomic mass is 9.86. The van der Waals surface area contributed by atoms with Crippen LogP contribution in [0.1, 0.15) is 43.5 Å². The Morgan fingerprint density at radius 1 is 1.09 bits per heavy atom. The summed E-state index contributed by atoms with van der Waals surface area (Å²) in [6.07, 6.45) is 1.64. The predicted octanol–water partition coefficient (Wildman–Crippen LogP) is 3.84. The van der Waals surface area contributed by atoms with Gasteiger partial charge in [-0.15, -0.1) is 0 Å². The molecular formula is C19H23NO2. The Morgan fingerprint density at radius 3 is 2.36 bits per heavy atom. The van der Waals surface area contributed by atoms with Crippen molar-refractivity contribution in [2.45, 2.75) is 32.2 Å². The molecule has 116 valence electrons. The average Bonchev–Trinajstić information content (AvgIpc) is 2.49. The van der Waals surface area contributed by atoms with Gasteiger partial charge >= 0.3 is 0 Å². The van der Waals surface area contributed by atoms with Gasteiger partial charge in [0.25, 0.3) is 0 Å². The Bertz CT molecular complexity index is 642. The summed E-state index contributed by atoms with van der Waals surface area (Å²) < 4.78 is 0. The molecule has 0 heterocycles. The van der Waals surface area contributed by atoms with Crippen molar-refractivity contribution in [3.63, 3.8) is 0 Å². The molecule has 3 heteroatoms. The van der Waals surface area contributed by atoms with E-state index in [1.165, 1.54) is 0 Å². The second-order valence-corrected chi connectivity index (χ2v) is 6.41. The first kappa shape index (κ1) is 16.2. The number of rotatable bonds is 4. The summed E-state index contributed by atoms with van der Waals surface area (Å²) in [5, 5.41) is 19.5. The molecule has 0 amide bonds. The van der Waals surface area contributed by atoms with Gasteiger partial charge in [-0.05, 0) is 28.7 Å². The van der Waals surface area contributed by atoms with Crippen LogP contribution in [0.2, 0.25) is 0 Å². The molecule has 2 rings (SSSR count). The highest BCUT2D eigenvalue weighted by atomic mass is 16.3. The number of aromatic hydroxyl groups is 1. The summed E-state index contributed by atoms with van der Waals surface area (Å²) in [7, 11) is 0. The van der Waals surface area contributed by atoms with E-state index in [0.29, 0.717) is 5.56 Å². The molecule has 0 aliphatic heterocycles. The number of nitrogens with zero attached hydrogens (tertiary/aromatic N) is 1. The van der Waals surface area contributed by atoms with Crippen molar-refractivity contribution in [2.75, 3.05) is 6.61 Å². The topological polar surface area (TPSA) is 52.8 Å². The quantitative estimate of drug-likeness (QED) is 0.842. The number of aliphatic hydroxyl groups excluding tert-OH is 1. The van der Waals surface area contributed by atoms with E-state index in [-0.39, 0.29) is 23.8 Å². The van der Waals surface area contributed by atoms with Gasteiger partial charge < -0.3 is 10.2 Å². The molecule has 2 N–H and O–H groups in total. The first-order valence-electron chi connectivity index (χ1n) is 7.44. The Balaban J connectivity index is 2.29. The van der Waals surface area contributed by atoms with Crippen molar-refractivity contribution >= 4 is 6.21 Å². The zero-order chi connectivity index (χ0) is 16.2. The normalized spacial score (nSPS) is 13.5. The van der Waals surface area contributed by atoms with E-state index >= 15 is 0 Å². The van der Waals surface area contributed by atoms with E-state index in [1.54, 1.807) is 12.3 Å². The lowest BCUT2D eigenvalue weighted by molar-refractivity contribution is 0.269. The van der Waals surface area contributed by atoms with Gasteiger partial charge in [0.1, 0.15) is 5.75 Å². The van der Waals surface area contributed by atoms with Gasteiger partial charge in [-0.25, -0.2) is 0 Å². The molecule has 0 spiro atoms. The fraction of sp³-hybridized carbons (Fsp3) is 0.316. The number of hydrogen-bond acceptors (Lipinski definition) is 3. The third-order valence-electron chi connectivity index (χ3n) is 3.64. The minimum atomic E-state index is -0.320. The van der Waals surface area contributed by atoms with Crippen molar-refractivity contribution < 1.29 is 10.2 Å². The van der Waals surface area contributed by atoms with Crippen LogP contribution in [-0.4, -0.2) is 23.0 Å². The second kappa shape index (κ2) is 6.75. The maximum absolute atomic E-state index is 10.0. The maximum atomic E-state index is 10.0. The lowest BCUT2D eigenvalue weighted by Crippen LogP contribution is -2.11. The van der Waals surface area contributed by atoms with Gasteiger partial charge in [-0.1, -0.05) is 57.2 Å². The van der Waals surface area contributed by atoms with E-state index in [2.05, 4.69) is 25.8 Å². The zero-order valence-corrected chi connectivity index (χ0v) is 13.3. The lowest BCUT2D eigenvalue weighted by Gasteiger charge is -2.19. The fourth-order valence-electron chi connectivity index (χ4n) is 2.21. The zero-order valence-electron chi connectivity index (χ0n) is 13.3. The van der Waals surface area contributed by atoms with Gasteiger partial charge in [0.05, 0.1) is 12.6 Å². The van der Waals surface area contributed by atoms with Gasteiger partial charge in [0.2, 0.25) is 0 Å². The summed E-state index contributed by atoms with van der Waals surface area (Å²) in [5.41, 5.74) is 2.76. The molecule has 0 bridgehead atoms. The monoisotopic (exact) mass is 297 g/mol. The first-order valence-corrected chi connectivity index (χ1v) is 7.44. The molecule has 0 radical (unpaired) electrons. The standard InChI is InChI=1S/C19H23NO2/c1-19(2,3)16-9-10-18(22)15(11-16)12-20-17(13-21)14-7-5-4-6-8-14/h4-12,17,21-22H,13H2,1-3H3/t17-/m0/s1. The summed E-state index contributed by atoms with van der Waals surface area (Å²) >= 11 is 0. The van der Waals surface area contributed by atoms with Crippen LogP contribution >= 0.6 is 0 Å². The molecule has 0 fully saturated rings. The average molecular weight is 297 g/mol. The highest BCUT2D eigenvalue weighted by molar-refractivity contribution is 5.84. The Morgan fingerprint density at radius 2 is 1.77 bits per heavy atom. The molecule has 2 aromatic carbocycles. The summed E-state index contributed by atoms with van der Waals surface area (Å²) in [6.45, 7) is 6.31. The van der Waals surface area contributed by atoms with Crippen molar-refractivity contribution in [1.82, 2.24) is 0 Å². The molecule has 0 saturated heterocycles. The third kappa shape index (κ3) is 3.95. The fourth-order valence-corrected chi connectivity index (χ4v) is 2.21. The minimum absolute atomic E-state index is 0.00605. The van der Waals surface area contributed by atoms with Crippen molar-refractivity contribution in [2.24, 2.45) is 4.99 Å². The Hall–Kier alpha value is -2.13. The number of aliphatic hydroxyl groups is 1. The van der Waals surface area contributed by atoms with Gasteiger partial charge in [-0.2, -0.15) is 0 Å². The van der Waals surface area contributed by atoms with Crippen LogP contribution in [0.4, 0.5) is 0 Å². The van der Waals surface area contributed by atoms with Gasteiger partial charge in [0.15, 0.2) is 0 Å². The first-order chi connectivity index (χ1) is 10.4. The predicted molar refractivity (Wildman–Crippen MR) is 90.7 cm³/mol. The van der Waals surface area contributed by atoms with E-state index in [9.17, 15) is 10.2 Å². The van der Waals surface area contributed by atoms with Gasteiger partial charge in [0, 0.05) is 11.8 Å². The number of phenols is 1. The Kier molecular flexibility index (Phi) is 4.99. The molecule has 2 aromatic rings. The summed E-state index contributed by atoms with van der Waals surface area (Å²) in [6, 6.07) is 14.9. The van der Waals surface area contributed by atoms with E-state index in [4.69, 9.17) is 0 Å². The molecular weight excluding hydrogens is 274 g/mol. The van der Waals surface area contributed by atoms with E-state index in [1.807, 2.05) is 42.5 Å². The highest BCUT2D eigenvalue weighted by Gasteiger charge is 2.15. The number of hydrogen-bond donors (Lipinski definition) is 2. The van der Waals surface area contributed by atoms with Crippen molar-refractivity contribution in [1.29, 1.82) is 0 Å². The van der Waals surface area contributed by atoms with E-state index in [0.717, 1.165) is 11.1 Å². The van der Waals surface area contributed by atoms with Crippen molar-refractivity contribution in [3.8, 4) is 5.75 Å². The third-order valence-corrected chi connectivity index (χ3v) is 3.64. The van der Waals surface area contributed by atoms with E-state index < -0.39 is 0 Å². The van der Waals surface area contributed by atoms with Crippen LogP contribution in [0.3, 0.4) is 0 Å². The number of benzene rings is 2. The van der Waals surface area contributed by atoms with Crippen LogP contribution in [0.25, 0.3) is 0 Å². The van der Waals surface area contributed by atoms with Crippen LogP contribution < -0.4 is 0 Å². The molecule has 3 nitrogen and oxygen atoms in total. The number of aliphatic imine (C=N–C) groups is 1. The van der Waals surface area contributed by atoms with Crippen LogP contribution in [-0.2, 0) is 5.41 Å². The molecule has 1 atom stereocenters. The number of phenolic OH excluding ortho intramolecular Hbond substituents is 1. The SMILES string of the molecule is CC(C)(C)c1ccc(O)c(C=N[C@@H](CO)c2ccccc2)c1.